The lowest BCUT2D eigenvalue weighted by Gasteiger charge is -2.28. The number of rotatable bonds is 6. The summed E-state index contributed by atoms with van der Waals surface area (Å²) in [5, 5.41) is 9.48. The third kappa shape index (κ3) is 6.10. The standard InChI is InChI=1S/C23H25F3N6O4/c1-22(2,3)36-21(34)32(18(28)11-19(29)33)31-8-7-14-15(31)5-4-6-16(14)35-20-10-13(12-27)9-17(30-20)23(24,25)26/h4-10,28H,11-12,27H2,1-3H3,(H2,29,33). The summed E-state index contributed by atoms with van der Waals surface area (Å²) < 4.78 is 52.1. The van der Waals surface area contributed by atoms with E-state index in [1.54, 1.807) is 26.8 Å². The molecular weight excluding hydrogens is 481 g/mol. The highest BCUT2D eigenvalue weighted by Crippen LogP contribution is 2.34. The third-order valence-corrected chi connectivity index (χ3v) is 4.65. The van der Waals surface area contributed by atoms with Crippen LogP contribution in [0.15, 0.2) is 42.6 Å². The third-order valence-electron chi connectivity index (χ3n) is 4.65. The van der Waals surface area contributed by atoms with Gasteiger partial charge in [-0.15, -0.1) is 0 Å². The number of nitrogens with zero attached hydrogens (tertiary/aromatic N) is 3. The van der Waals surface area contributed by atoms with Gasteiger partial charge in [0.05, 0.1) is 11.9 Å². The number of pyridine rings is 1. The van der Waals surface area contributed by atoms with Crippen molar-refractivity contribution in [3.63, 3.8) is 0 Å². The fourth-order valence-corrected chi connectivity index (χ4v) is 3.25. The Labute approximate surface area is 204 Å². The van der Waals surface area contributed by atoms with Gasteiger partial charge >= 0.3 is 12.3 Å². The van der Waals surface area contributed by atoms with Gasteiger partial charge in [-0.2, -0.15) is 18.2 Å². The molecule has 192 valence electrons. The highest BCUT2D eigenvalue weighted by Gasteiger charge is 2.34. The maximum Gasteiger partial charge on any atom is 0.435 e. The molecule has 0 radical (unpaired) electrons. The van der Waals surface area contributed by atoms with Crippen LogP contribution in [0, 0.1) is 5.41 Å². The number of nitrogens with two attached hydrogens (primary N) is 2. The molecule has 0 saturated carbocycles. The summed E-state index contributed by atoms with van der Waals surface area (Å²) in [7, 11) is 0. The van der Waals surface area contributed by atoms with Gasteiger partial charge in [0.15, 0.2) is 0 Å². The van der Waals surface area contributed by atoms with Crippen LogP contribution in [0.2, 0.25) is 0 Å². The van der Waals surface area contributed by atoms with E-state index in [-0.39, 0.29) is 23.7 Å². The molecule has 3 rings (SSSR count). The minimum absolute atomic E-state index is 0.131. The van der Waals surface area contributed by atoms with Crippen molar-refractivity contribution in [2.75, 3.05) is 5.01 Å². The lowest BCUT2D eigenvalue weighted by Crippen LogP contribution is -2.48. The predicted molar refractivity (Wildman–Crippen MR) is 125 cm³/mol. The van der Waals surface area contributed by atoms with Crippen molar-refractivity contribution in [1.82, 2.24) is 9.66 Å². The van der Waals surface area contributed by atoms with Crippen LogP contribution >= 0.6 is 0 Å². The molecule has 13 heteroatoms. The van der Waals surface area contributed by atoms with Gasteiger partial charge in [0.25, 0.3) is 0 Å². The van der Waals surface area contributed by atoms with Crippen molar-refractivity contribution < 1.29 is 32.2 Å². The van der Waals surface area contributed by atoms with E-state index in [9.17, 15) is 22.8 Å². The van der Waals surface area contributed by atoms with Crippen LogP contribution in [0.3, 0.4) is 0 Å². The molecule has 3 aromatic rings. The Morgan fingerprint density at radius 1 is 1.17 bits per heavy atom. The quantitative estimate of drug-likeness (QED) is 0.339. The number of halogens is 3. The summed E-state index contributed by atoms with van der Waals surface area (Å²) >= 11 is 0. The van der Waals surface area contributed by atoms with Crippen molar-refractivity contribution >= 4 is 28.7 Å². The van der Waals surface area contributed by atoms with Crippen molar-refractivity contribution in [3.8, 4) is 11.6 Å². The molecule has 0 aliphatic carbocycles. The van der Waals surface area contributed by atoms with Crippen LogP contribution in [0.1, 0.15) is 38.4 Å². The number of benzene rings is 1. The van der Waals surface area contributed by atoms with Crippen molar-refractivity contribution in [2.24, 2.45) is 11.5 Å². The Kier molecular flexibility index (Phi) is 7.25. The molecule has 0 aliphatic rings. The van der Waals surface area contributed by atoms with Gasteiger partial charge in [0.2, 0.25) is 11.8 Å². The van der Waals surface area contributed by atoms with E-state index in [1.807, 2.05) is 0 Å². The Morgan fingerprint density at radius 2 is 1.86 bits per heavy atom. The molecule has 0 fully saturated rings. The number of aromatic nitrogens is 2. The average molecular weight is 506 g/mol. The SMILES string of the molecule is CC(C)(C)OC(=O)N(C(=N)CC(N)=O)n1ccc2c(Oc3cc(CN)cc(C(F)(F)F)n3)cccc21. The van der Waals surface area contributed by atoms with Crippen molar-refractivity contribution in [3.05, 3.63) is 53.9 Å². The van der Waals surface area contributed by atoms with E-state index >= 15 is 0 Å². The van der Waals surface area contributed by atoms with Gasteiger partial charge in [-0.1, -0.05) is 6.07 Å². The summed E-state index contributed by atoms with van der Waals surface area (Å²) in [6.45, 7) is 4.75. The summed E-state index contributed by atoms with van der Waals surface area (Å²) in [4.78, 5) is 27.9. The smallest absolute Gasteiger partial charge is 0.435 e. The van der Waals surface area contributed by atoms with Gasteiger partial charge in [0, 0.05) is 24.2 Å². The summed E-state index contributed by atoms with van der Waals surface area (Å²) in [6, 6.07) is 8.28. The normalized spacial score (nSPS) is 11.9. The first-order valence-electron chi connectivity index (χ1n) is 10.6. The van der Waals surface area contributed by atoms with E-state index in [4.69, 9.17) is 26.4 Å². The number of carbonyl (C=O) groups is 2. The Bertz CT molecular complexity index is 1310. The summed E-state index contributed by atoms with van der Waals surface area (Å²) in [5.74, 6) is -1.48. The van der Waals surface area contributed by atoms with Crippen LogP contribution in [0.4, 0.5) is 18.0 Å². The van der Waals surface area contributed by atoms with Gasteiger partial charge < -0.3 is 20.9 Å². The van der Waals surface area contributed by atoms with Crippen LogP contribution in [0.25, 0.3) is 10.9 Å². The van der Waals surface area contributed by atoms with Gasteiger partial charge in [-0.25, -0.2) is 14.5 Å². The largest absolute Gasteiger partial charge is 0.442 e. The predicted octanol–water partition coefficient (Wildman–Crippen LogP) is 4.03. The zero-order chi connectivity index (χ0) is 26.8. The Balaban J connectivity index is 2.07. The molecule has 0 spiro atoms. The number of carbonyl (C=O) groups excluding carboxylic acids is 2. The highest BCUT2D eigenvalue weighted by molar-refractivity contribution is 6.13. The molecule has 2 amide bonds. The number of hydrogen-bond acceptors (Lipinski definition) is 7. The van der Waals surface area contributed by atoms with Crippen molar-refractivity contribution in [2.45, 2.75) is 45.5 Å². The first kappa shape index (κ1) is 26.5. The fraction of sp³-hybridized carbons (Fsp3) is 0.304. The number of fused-ring (bicyclic) bond motifs is 1. The van der Waals surface area contributed by atoms with E-state index in [0.717, 1.165) is 11.1 Å². The molecule has 5 N–H and O–H groups in total. The topological polar surface area (TPSA) is 150 Å². The Morgan fingerprint density at radius 3 is 2.44 bits per heavy atom. The van der Waals surface area contributed by atoms with E-state index in [1.165, 1.54) is 35.1 Å². The van der Waals surface area contributed by atoms with E-state index in [2.05, 4.69) is 4.98 Å². The molecule has 2 heterocycles. The molecule has 1 aromatic carbocycles. The summed E-state index contributed by atoms with van der Waals surface area (Å²) in [6.07, 6.45) is -4.77. The van der Waals surface area contributed by atoms with Crippen LogP contribution < -0.4 is 21.2 Å². The van der Waals surface area contributed by atoms with E-state index in [0.29, 0.717) is 10.9 Å². The lowest BCUT2D eigenvalue weighted by molar-refractivity contribution is -0.141. The van der Waals surface area contributed by atoms with E-state index < -0.39 is 41.7 Å². The van der Waals surface area contributed by atoms with Crippen LogP contribution in [0.5, 0.6) is 11.6 Å². The number of primary amides is 1. The number of amides is 2. The van der Waals surface area contributed by atoms with Crippen LogP contribution in [-0.2, 0) is 22.3 Å². The van der Waals surface area contributed by atoms with Gasteiger partial charge in [0.1, 0.15) is 22.9 Å². The fourth-order valence-electron chi connectivity index (χ4n) is 3.25. The molecule has 2 aromatic heterocycles. The first-order valence-corrected chi connectivity index (χ1v) is 10.6. The van der Waals surface area contributed by atoms with Crippen molar-refractivity contribution in [1.29, 1.82) is 5.41 Å². The number of amidine groups is 1. The Hall–Kier alpha value is -4.13. The first-order chi connectivity index (χ1) is 16.7. The summed E-state index contributed by atoms with van der Waals surface area (Å²) in [5.41, 5.74) is 9.19. The highest BCUT2D eigenvalue weighted by atomic mass is 19.4. The number of hydrogen-bond donors (Lipinski definition) is 3. The molecular formula is C23H25F3N6O4. The molecule has 36 heavy (non-hydrogen) atoms. The zero-order valence-electron chi connectivity index (χ0n) is 19.7. The molecule has 0 atom stereocenters. The minimum Gasteiger partial charge on any atom is -0.442 e. The second-order valence-corrected chi connectivity index (χ2v) is 8.73. The molecule has 0 unspecified atom stereocenters. The number of ether oxygens (including phenoxy) is 2. The van der Waals surface area contributed by atoms with Gasteiger partial charge in [-0.05, 0) is 50.6 Å². The molecule has 0 bridgehead atoms. The zero-order valence-corrected chi connectivity index (χ0v) is 19.7. The lowest BCUT2D eigenvalue weighted by atomic mass is 10.2. The monoisotopic (exact) mass is 506 g/mol. The maximum absolute atomic E-state index is 13.3. The minimum atomic E-state index is -4.70. The molecule has 0 saturated heterocycles. The molecule has 10 nitrogen and oxygen atoms in total. The van der Waals surface area contributed by atoms with Gasteiger partial charge in [-0.3, -0.25) is 10.2 Å². The second kappa shape index (κ2) is 9.85. The average Bonchev–Trinajstić information content (AvgIpc) is 3.16. The number of nitrogens with one attached hydrogen (secondary N) is 1. The van der Waals surface area contributed by atoms with Crippen LogP contribution in [-0.4, -0.2) is 33.1 Å². The molecule has 0 aliphatic heterocycles. The maximum atomic E-state index is 13.3. The number of alkyl halides is 3. The second-order valence-electron chi connectivity index (χ2n) is 8.73.